The summed E-state index contributed by atoms with van der Waals surface area (Å²) >= 11 is 0. The van der Waals surface area contributed by atoms with Crippen molar-refractivity contribution in [3.8, 4) is 0 Å². The van der Waals surface area contributed by atoms with Crippen LogP contribution in [-0.2, 0) is 14.3 Å². The fourth-order valence-corrected chi connectivity index (χ4v) is 2.20. The van der Waals surface area contributed by atoms with E-state index >= 15 is 0 Å². The lowest BCUT2D eigenvalue weighted by molar-refractivity contribution is -0.142. The molecule has 2 unspecified atom stereocenters. The van der Waals surface area contributed by atoms with Crippen LogP contribution in [0.1, 0.15) is 0 Å². The number of carbonyl (C=O) groups excluding carboxylic acids is 1. The molecule has 2 atom stereocenters. The standard InChI is InChI=1S/C11H19N3O5/c1-13(9-7-19-6-8(9)10(15)16)11(17)12-14-2-4-18-5-3-14/h8-9H,2-7H2,1H3,(H,12,17)(H,15,16). The molecule has 2 saturated heterocycles. The Hall–Kier alpha value is -1.38. The molecule has 0 radical (unpaired) electrons. The second-order valence-corrected chi connectivity index (χ2v) is 4.68. The first kappa shape index (κ1) is 14.0. The van der Waals surface area contributed by atoms with Crippen molar-refractivity contribution in [3.63, 3.8) is 0 Å². The van der Waals surface area contributed by atoms with Crippen molar-refractivity contribution >= 4 is 12.0 Å². The van der Waals surface area contributed by atoms with Gasteiger partial charge in [-0.05, 0) is 0 Å². The second kappa shape index (κ2) is 6.18. The van der Waals surface area contributed by atoms with Crippen LogP contribution in [0.4, 0.5) is 4.79 Å². The summed E-state index contributed by atoms with van der Waals surface area (Å²) in [6.45, 7) is 2.81. The Kier molecular flexibility index (Phi) is 4.56. The Balaban J connectivity index is 1.88. The number of carboxylic acid groups (broad SMARTS) is 1. The first-order valence-corrected chi connectivity index (χ1v) is 6.26. The monoisotopic (exact) mass is 273 g/mol. The van der Waals surface area contributed by atoms with Crippen LogP contribution in [0.3, 0.4) is 0 Å². The lowest BCUT2D eigenvalue weighted by Crippen LogP contribution is -2.55. The van der Waals surface area contributed by atoms with E-state index in [0.717, 1.165) is 0 Å². The minimum Gasteiger partial charge on any atom is -0.481 e. The maximum Gasteiger partial charge on any atom is 0.332 e. The summed E-state index contributed by atoms with van der Waals surface area (Å²) in [6, 6.07) is -0.748. The Labute approximate surface area is 111 Å². The molecule has 0 bridgehead atoms. The number of ether oxygens (including phenoxy) is 2. The van der Waals surface area contributed by atoms with Gasteiger partial charge in [-0.3, -0.25) is 10.2 Å². The van der Waals surface area contributed by atoms with Crippen molar-refractivity contribution in [2.75, 3.05) is 46.6 Å². The molecule has 0 aromatic rings. The van der Waals surface area contributed by atoms with Gasteiger partial charge in [-0.25, -0.2) is 9.80 Å². The van der Waals surface area contributed by atoms with Crippen LogP contribution < -0.4 is 5.43 Å². The Morgan fingerprint density at radius 1 is 1.26 bits per heavy atom. The molecule has 2 heterocycles. The number of likely N-dealkylation sites (N-methyl/N-ethyl adjacent to an activating group) is 1. The number of aliphatic carboxylic acids is 1. The van der Waals surface area contributed by atoms with Gasteiger partial charge in [0.25, 0.3) is 0 Å². The van der Waals surface area contributed by atoms with E-state index in [0.29, 0.717) is 26.3 Å². The third-order valence-electron chi connectivity index (χ3n) is 3.45. The van der Waals surface area contributed by atoms with Crippen molar-refractivity contribution in [3.05, 3.63) is 0 Å². The summed E-state index contributed by atoms with van der Waals surface area (Å²) in [5.74, 6) is -1.60. The molecule has 2 aliphatic rings. The zero-order valence-corrected chi connectivity index (χ0v) is 10.9. The number of nitrogens with zero attached hydrogens (tertiary/aromatic N) is 2. The molecule has 0 aliphatic carbocycles. The van der Waals surface area contributed by atoms with Crippen LogP contribution >= 0.6 is 0 Å². The summed E-state index contributed by atoms with van der Waals surface area (Å²) < 4.78 is 10.3. The molecule has 0 aromatic carbocycles. The van der Waals surface area contributed by atoms with Crippen LogP contribution in [0.2, 0.25) is 0 Å². The smallest absolute Gasteiger partial charge is 0.332 e. The minimum absolute atomic E-state index is 0.148. The molecule has 0 spiro atoms. The van der Waals surface area contributed by atoms with E-state index in [2.05, 4.69) is 5.43 Å². The number of rotatable bonds is 3. The van der Waals surface area contributed by atoms with Crippen molar-refractivity contribution in [1.29, 1.82) is 0 Å². The Morgan fingerprint density at radius 2 is 1.95 bits per heavy atom. The van der Waals surface area contributed by atoms with Gasteiger partial charge >= 0.3 is 12.0 Å². The molecular weight excluding hydrogens is 254 g/mol. The van der Waals surface area contributed by atoms with Gasteiger partial charge in [-0.1, -0.05) is 0 Å². The predicted molar refractivity (Wildman–Crippen MR) is 64.4 cm³/mol. The van der Waals surface area contributed by atoms with Gasteiger partial charge in [0.15, 0.2) is 0 Å². The minimum atomic E-state index is -0.937. The van der Waals surface area contributed by atoms with E-state index in [-0.39, 0.29) is 19.2 Å². The average Bonchev–Trinajstić information content (AvgIpc) is 2.88. The van der Waals surface area contributed by atoms with Crippen molar-refractivity contribution in [1.82, 2.24) is 15.3 Å². The number of carbonyl (C=O) groups is 2. The third-order valence-corrected chi connectivity index (χ3v) is 3.45. The van der Waals surface area contributed by atoms with Gasteiger partial charge < -0.3 is 19.5 Å². The number of hydrogen-bond acceptors (Lipinski definition) is 5. The van der Waals surface area contributed by atoms with E-state index in [4.69, 9.17) is 14.6 Å². The van der Waals surface area contributed by atoms with Gasteiger partial charge in [0.2, 0.25) is 0 Å². The largest absolute Gasteiger partial charge is 0.481 e. The number of carboxylic acids is 1. The van der Waals surface area contributed by atoms with E-state index in [9.17, 15) is 9.59 Å². The molecule has 8 heteroatoms. The zero-order chi connectivity index (χ0) is 13.8. The van der Waals surface area contributed by atoms with Crippen molar-refractivity contribution < 1.29 is 24.2 Å². The quantitative estimate of drug-likeness (QED) is 0.683. The molecule has 108 valence electrons. The summed E-state index contributed by atoms with van der Waals surface area (Å²) in [5.41, 5.74) is 2.75. The number of hydrogen-bond donors (Lipinski definition) is 2. The predicted octanol–water partition coefficient (Wildman–Crippen LogP) is -1.03. The SMILES string of the molecule is CN(C(=O)NN1CCOCC1)C1COCC1C(=O)O. The third kappa shape index (κ3) is 3.34. The topological polar surface area (TPSA) is 91.3 Å². The fourth-order valence-electron chi connectivity index (χ4n) is 2.20. The molecular formula is C11H19N3O5. The Morgan fingerprint density at radius 3 is 2.58 bits per heavy atom. The lowest BCUT2D eigenvalue weighted by atomic mass is 10.0. The number of urea groups is 1. The zero-order valence-electron chi connectivity index (χ0n) is 10.9. The molecule has 2 rings (SSSR count). The van der Waals surface area contributed by atoms with E-state index in [1.165, 1.54) is 4.90 Å². The van der Waals surface area contributed by atoms with Gasteiger partial charge in [0.05, 0.1) is 32.5 Å². The molecule has 0 saturated carbocycles. The van der Waals surface area contributed by atoms with Crippen LogP contribution in [0, 0.1) is 5.92 Å². The van der Waals surface area contributed by atoms with Gasteiger partial charge in [0, 0.05) is 20.1 Å². The normalized spacial score (nSPS) is 28.1. The highest BCUT2D eigenvalue weighted by molar-refractivity contribution is 5.76. The Bertz CT molecular complexity index is 345. The lowest BCUT2D eigenvalue weighted by Gasteiger charge is -2.32. The van der Waals surface area contributed by atoms with Gasteiger partial charge in [-0.2, -0.15) is 0 Å². The first-order valence-electron chi connectivity index (χ1n) is 6.26. The van der Waals surface area contributed by atoms with Crippen LogP contribution in [0.25, 0.3) is 0 Å². The highest BCUT2D eigenvalue weighted by Gasteiger charge is 2.38. The van der Waals surface area contributed by atoms with Gasteiger partial charge in [0.1, 0.15) is 5.92 Å². The van der Waals surface area contributed by atoms with Gasteiger partial charge in [-0.15, -0.1) is 0 Å². The van der Waals surface area contributed by atoms with Crippen LogP contribution in [-0.4, -0.2) is 79.6 Å². The van der Waals surface area contributed by atoms with Crippen molar-refractivity contribution in [2.24, 2.45) is 5.92 Å². The summed E-state index contributed by atoms with van der Waals surface area (Å²) in [6.07, 6.45) is 0. The molecule has 2 fully saturated rings. The number of morpholine rings is 1. The number of amides is 2. The molecule has 2 aliphatic heterocycles. The van der Waals surface area contributed by atoms with E-state index < -0.39 is 17.9 Å². The molecule has 2 amide bonds. The first-order chi connectivity index (χ1) is 9.09. The van der Waals surface area contributed by atoms with Crippen molar-refractivity contribution in [2.45, 2.75) is 6.04 Å². The van der Waals surface area contributed by atoms with E-state index in [1.54, 1.807) is 12.1 Å². The van der Waals surface area contributed by atoms with Crippen LogP contribution in [0.5, 0.6) is 0 Å². The average molecular weight is 273 g/mol. The number of hydrazine groups is 1. The highest BCUT2D eigenvalue weighted by atomic mass is 16.5. The maximum absolute atomic E-state index is 12.1. The van der Waals surface area contributed by atoms with E-state index in [1.807, 2.05) is 0 Å². The number of nitrogens with one attached hydrogen (secondary N) is 1. The summed E-state index contributed by atoms with van der Waals surface area (Å²) in [5, 5.41) is 10.8. The highest BCUT2D eigenvalue weighted by Crippen LogP contribution is 2.19. The molecule has 2 N–H and O–H groups in total. The fraction of sp³-hybridized carbons (Fsp3) is 0.818. The summed E-state index contributed by atoms with van der Waals surface area (Å²) in [7, 11) is 1.59. The molecule has 8 nitrogen and oxygen atoms in total. The maximum atomic E-state index is 12.1. The summed E-state index contributed by atoms with van der Waals surface area (Å²) in [4.78, 5) is 24.5. The van der Waals surface area contributed by atoms with Crippen LogP contribution in [0.15, 0.2) is 0 Å². The molecule has 19 heavy (non-hydrogen) atoms. The molecule has 0 aromatic heterocycles. The second-order valence-electron chi connectivity index (χ2n) is 4.68.